The minimum atomic E-state index is 0.193. The maximum absolute atomic E-state index is 12.6. The summed E-state index contributed by atoms with van der Waals surface area (Å²) in [6, 6.07) is 10.7. The molecule has 4 heteroatoms. The quantitative estimate of drug-likeness (QED) is 0.920. The number of nitrogens with zero attached hydrogens (tertiary/aromatic N) is 1. The van der Waals surface area contributed by atoms with Crippen LogP contribution in [0.1, 0.15) is 34.9 Å². The van der Waals surface area contributed by atoms with E-state index < -0.39 is 0 Å². The Kier molecular flexibility index (Phi) is 4.48. The second-order valence-electron chi connectivity index (χ2n) is 5.88. The monoisotopic (exact) mass is 314 g/mol. The van der Waals surface area contributed by atoms with Crippen LogP contribution in [0.15, 0.2) is 35.7 Å². The van der Waals surface area contributed by atoms with Crippen LogP contribution in [0.3, 0.4) is 0 Å². The molecule has 0 aliphatic carbocycles. The van der Waals surface area contributed by atoms with E-state index in [2.05, 4.69) is 48.8 Å². The Labute approximate surface area is 136 Å². The van der Waals surface area contributed by atoms with E-state index >= 15 is 0 Å². The van der Waals surface area contributed by atoms with Crippen molar-refractivity contribution in [2.24, 2.45) is 0 Å². The molecule has 116 valence electrons. The van der Waals surface area contributed by atoms with Crippen LogP contribution < -0.4 is 5.32 Å². The number of likely N-dealkylation sites (tertiary alicyclic amines) is 1. The van der Waals surface area contributed by atoms with Crippen molar-refractivity contribution in [2.75, 3.05) is 18.4 Å². The van der Waals surface area contributed by atoms with E-state index in [9.17, 15) is 4.79 Å². The third-order valence-corrected chi connectivity index (χ3v) is 5.32. The Bertz CT molecular complexity index is 631. The zero-order valence-corrected chi connectivity index (χ0v) is 14.0. The molecule has 1 aromatic carbocycles. The molecule has 1 unspecified atom stereocenters. The lowest BCUT2D eigenvalue weighted by molar-refractivity contribution is -0.130. The zero-order chi connectivity index (χ0) is 15.5. The highest BCUT2D eigenvalue weighted by Crippen LogP contribution is 2.34. The van der Waals surface area contributed by atoms with Crippen LogP contribution in [-0.2, 0) is 4.79 Å². The standard InChI is InChI=1S/C18H22N2OS/c1-13-6-3-7-14(2)18(13)19-12-17(21)20-10-4-8-15(20)16-9-5-11-22-16/h3,5-7,9,11,15,19H,4,8,10,12H2,1-2H3. The molecule has 0 bridgehead atoms. The minimum Gasteiger partial charge on any atom is -0.376 e. The zero-order valence-electron chi connectivity index (χ0n) is 13.1. The largest absolute Gasteiger partial charge is 0.376 e. The number of hydrogen-bond acceptors (Lipinski definition) is 3. The van der Waals surface area contributed by atoms with Gasteiger partial charge in [-0.25, -0.2) is 0 Å². The number of carbonyl (C=O) groups is 1. The molecule has 2 heterocycles. The van der Waals surface area contributed by atoms with E-state index in [-0.39, 0.29) is 11.9 Å². The van der Waals surface area contributed by atoms with Gasteiger partial charge in [0, 0.05) is 17.1 Å². The molecule has 0 saturated carbocycles. The first-order valence-electron chi connectivity index (χ1n) is 7.80. The van der Waals surface area contributed by atoms with Gasteiger partial charge in [-0.2, -0.15) is 0 Å². The van der Waals surface area contributed by atoms with Crippen molar-refractivity contribution in [3.8, 4) is 0 Å². The van der Waals surface area contributed by atoms with Crippen LogP contribution in [0.2, 0.25) is 0 Å². The predicted octanol–water partition coefficient (Wildman–Crippen LogP) is 4.14. The summed E-state index contributed by atoms with van der Waals surface area (Å²) < 4.78 is 0. The van der Waals surface area contributed by atoms with E-state index in [1.807, 2.05) is 11.0 Å². The maximum Gasteiger partial charge on any atom is 0.242 e. The Morgan fingerprint density at radius 1 is 1.27 bits per heavy atom. The smallest absolute Gasteiger partial charge is 0.242 e. The predicted molar refractivity (Wildman–Crippen MR) is 92.4 cm³/mol. The highest BCUT2D eigenvalue weighted by Gasteiger charge is 2.30. The number of amides is 1. The molecule has 0 spiro atoms. The summed E-state index contributed by atoms with van der Waals surface area (Å²) in [6.45, 7) is 5.39. The number of thiophene rings is 1. The van der Waals surface area contributed by atoms with Crippen LogP contribution in [-0.4, -0.2) is 23.9 Å². The van der Waals surface area contributed by atoms with Crippen LogP contribution in [0.25, 0.3) is 0 Å². The van der Waals surface area contributed by atoms with Crippen molar-refractivity contribution >= 4 is 22.9 Å². The first kappa shape index (κ1) is 15.1. The van der Waals surface area contributed by atoms with Gasteiger partial charge in [-0.05, 0) is 49.3 Å². The molecule has 1 fully saturated rings. The SMILES string of the molecule is Cc1cccc(C)c1NCC(=O)N1CCCC1c1cccs1. The molecule has 0 radical (unpaired) electrons. The number of nitrogens with one attached hydrogen (secondary N) is 1. The van der Waals surface area contributed by atoms with Gasteiger partial charge >= 0.3 is 0 Å². The lowest BCUT2D eigenvalue weighted by Crippen LogP contribution is -2.35. The highest BCUT2D eigenvalue weighted by atomic mass is 32.1. The molecule has 3 rings (SSSR count). The van der Waals surface area contributed by atoms with Crippen molar-refractivity contribution in [1.82, 2.24) is 4.90 Å². The summed E-state index contributed by atoms with van der Waals surface area (Å²) in [6.07, 6.45) is 2.17. The van der Waals surface area contributed by atoms with Gasteiger partial charge in [0.25, 0.3) is 0 Å². The highest BCUT2D eigenvalue weighted by molar-refractivity contribution is 7.10. The molecular formula is C18H22N2OS. The van der Waals surface area contributed by atoms with Crippen molar-refractivity contribution in [1.29, 1.82) is 0 Å². The fourth-order valence-corrected chi connectivity index (χ4v) is 4.07. The summed E-state index contributed by atoms with van der Waals surface area (Å²) in [5, 5.41) is 5.42. The van der Waals surface area contributed by atoms with Crippen molar-refractivity contribution in [3.05, 3.63) is 51.7 Å². The van der Waals surface area contributed by atoms with Gasteiger partial charge in [-0.1, -0.05) is 24.3 Å². The van der Waals surface area contributed by atoms with E-state index in [1.165, 1.54) is 16.0 Å². The molecule has 2 aromatic rings. The van der Waals surface area contributed by atoms with E-state index in [0.29, 0.717) is 6.54 Å². The average molecular weight is 314 g/mol. The second kappa shape index (κ2) is 6.53. The number of para-hydroxylation sites is 1. The minimum absolute atomic E-state index is 0.193. The Morgan fingerprint density at radius 2 is 2.05 bits per heavy atom. The molecule has 3 nitrogen and oxygen atoms in total. The number of benzene rings is 1. The maximum atomic E-state index is 12.6. The summed E-state index contributed by atoms with van der Waals surface area (Å²) in [4.78, 5) is 16.0. The molecule has 1 aromatic heterocycles. The second-order valence-corrected chi connectivity index (χ2v) is 6.86. The van der Waals surface area contributed by atoms with Crippen LogP contribution in [0.5, 0.6) is 0 Å². The number of rotatable bonds is 4. The first-order chi connectivity index (χ1) is 10.7. The summed E-state index contributed by atoms with van der Waals surface area (Å²) >= 11 is 1.75. The molecular weight excluding hydrogens is 292 g/mol. The van der Waals surface area contributed by atoms with E-state index in [1.54, 1.807) is 11.3 Å². The van der Waals surface area contributed by atoms with E-state index in [4.69, 9.17) is 0 Å². The van der Waals surface area contributed by atoms with Crippen LogP contribution in [0.4, 0.5) is 5.69 Å². The first-order valence-corrected chi connectivity index (χ1v) is 8.68. The Hall–Kier alpha value is -1.81. The van der Waals surface area contributed by atoms with Gasteiger partial charge in [0.05, 0.1) is 12.6 Å². The van der Waals surface area contributed by atoms with Gasteiger partial charge in [-0.15, -0.1) is 11.3 Å². The van der Waals surface area contributed by atoms with Crippen molar-refractivity contribution in [2.45, 2.75) is 32.7 Å². The summed E-state index contributed by atoms with van der Waals surface area (Å²) in [5.41, 5.74) is 3.45. The molecule has 22 heavy (non-hydrogen) atoms. The van der Waals surface area contributed by atoms with Gasteiger partial charge < -0.3 is 10.2 Å². The van der Waals surface area contributed by atoms with Gasteiger partial charge in [0.2, 0.25) is 5.91 Å². The van der Waals surface area contributed by atoms with Gasteiger partial charge in [0.1, 0.15) is 0 Å². The van der Waals surface area contributed by atoms with Crippen molar-refractivity contribution < 1.29 is 4.79 Å². The number of carbonyl (C=O) groups excluding carboxylic acids is 1. The number of aryl methyl sites for hydroxylation is 2. The topological polar surface area (TPSA) is 32.3 Å². The Morgan fingerprint density at radius 3 is 2.73 bits per heavy atom. The van der Waals surface area contributed by atoms with Crippen LogP contribution in [0, 0.1) is 13.8 Å². The number of hydrogen-bond donors (Lipinski definition) is 1. The molecule has 1 N–H and O–H groups in total. The third-order valence-electron chi connectivity index (χ3n) is 4.34. The lowest BCUT2D eigenvalue weighted by Gasteiger charge is -2.24. The Balaban J connectivity index is 1.67. The molecule has 1 aliphatic rings. The number of anilines is 1. The fourth-order valence-electron chi connectivity index (χ4n) is 3.20. The van der Waals surface area contributed by atoms with Gasteiger partial charge in [0.15, 0.2) is 0 Å². The fraction of sp³-hybridized carbons (Fsp3) is 0.389. The van der Waals surface area contributed by atoms with Gasteiger partial charge in [-0.3, -0.25) is 4.79 Å². The third kappa shape index (κ3) is 3.02. The summed E-state index contributed by atoms with van der Waals surface area (Å²) in [7, 11) is 0. The lowest BCUT2D eigenvalue weighted by atomic mass is 10.1. The average Bonchev–Trinajstić information content (AvgIpc) is 3.17. The van der Waals surface area contributed by atoms with Crippen molar-refractivity contribution in [3.63, 3.8) is 0 Å². The normalized spacial score (nSPS) is 17.7. The molecule has 1 atom stereocenters. The van der Waals surface area contributed by atoms with E-state index in [0.717, 1.165) is 25.1 Å². The summed E-state index contributed by atoms with van der Waals surface area (Å²) in [5.74, 6) is 0.193. The van der Waals surface area contributed by atoms with Crippen LogP contribution >= 0.6 is 11.3 Å². The molecule has 1 aliphatic heterocycles. The molecule has 1 amide bonds. The molecule has 1 saturated heterocycles.